The molecule has 1 aliphatic heterocycles. The smallest absolute Gasteiger partial charge is 0.311 e. The van der Waals surface area contributed by atoms with E-state index in [4.69, 9.17) is 4.74 Å². The van der Waals surface area contributed by atoms with Gasteiger partial charge in [0.25, 0.3) is 0 Å². The fourth-order valence-electron chi connectivity index (χ4n) is 6.30. The van der Waals surface area contributed by atoms with Crippen molar-refractivity contribution in [2.24, 2.45) is 10.8 Å². The molecule has 3 nitrogen and oxygen atoms in total. The molecule has 272 valence electrons. The van der Waals surface area contributed by atoms with Gasteiger partial charge in [0.2, 0.25) is 5.78 Å². The Morgan fingerprint density at radius 1 is 0.585 bits per heavy atom. The van der Waals surface area contributed by atoms with Crippen molar-refractivity contribution in [2.45, 2.75) is 67.2 Å². The summed E-state index contributed by atoms with van der Waals surface area (Å²) in [6, 6.07) is 38.7. The highest BCUT2D eigenvalue weighted by Gasteiger charge is 2.39. The van der Waals surface area contributed by atoms with Crippen LogP contribution < -0.4 is 0 Å². The van der Waals surface area contributed by atoms with E-state index in [9.17, 15) is 9.59 Å². The normalized spacial score (nSPS) is 14.5. The van der Waals surface area contributed by atoms with E-state index in [0.29, 0.717) is 13.0 Å². The summed E-state index contributed by atoms with van der Waals surface area (Å²) in [6.07, 6.45) is 7.48. The molecule has 0 aliphatic carbocycles. The lowest BCUT2D eigenvalue weighted by molar-refractivity contribution is -0.153. The number of ketones is 1. The summed E-state index contributed by atoms with van der Waals surface area (Å²) in [4.78, 5) is 27.2. The third-order valence-corrected chi connectivity index (χ3v) is 11.9. The Bertz CT molecular complexity index is 2110. The van der Waals surface area contributed by atoms with Crippen LogP contribution >= 0.6 is 10.0 Å². The van der Waals surface area contributed by atoms with Crippen LogP contribution in [0.4, 0.5) is 0 Å². The second-order valence-corrected chi connectivity index (χ2v) is 19.5. The van der Waals surface area contributed by atoms with Crippen molar-refractivity contribution in [1.82, 2.24) is 0 Å². The van der Waals surface area contributed by atoms with Crippen molar-refractivity contribution in [1.29, 1.82) is 0 Å². The Morgan fingerprint density at radius 3 is 1.51 bits per heavy atom. The molecule has 4 heteroatoms. The van der Waals surface area contributed by atoms with E-state index in [1.807, 2.05) is 32.9 Å². The van der Waals surface area contributed by atoms with Gasteiger partial charge in [-0.05, 0) is 126 Å². The van der Waals surface area contributed by atoms with Gasteiger partial charge in [-0.3, -0.25) is 9.59 Å². The lowest BCUT2D eigenvalue weighted by Gasteiger charge is -2.34. The highest BCUT2D eigenvalue weighted by molar-refractivity contribution is 8.47. The second-order valence-electron chi connectivity index (χ2n) is 16.0. The van der Waals surface area contributed by atoms with Gasteiger partial charge in [-0.2, -0.15) is 10.0 Å². The molecule has 53 heavy (non-hydrogen) atoms. The summed E-state index contributed by atoms with van der Waals surface area (Å²) in [5.74, 6) is 12.4. The largest absolute Gasteiger partial charge is 0.465 e. The van der Waals surface area contributed by atoms with Crippen molar-refractivity contribution in [3.8, 4) is 23.7 Å². The molecule has 4 aromatic carbocycles. The number of Topliss-reactive ketones (excluding diaryl/α,β-unsaturated/α-hetero) is 1. The first-order chi connectivity index (χ1) is 25.1. The lowest BCUT2D eigenvalue weighted by atomic mass is 9.89. The maximum absolute atomic E-state index is 12.6. The minimum atomic E-state index is -1.54. The van der Waals surface area contributed by atoms with Gasteiger partial charge in [0.1, 0.15) is 0 Å². The number of unbranched alkanes of at least 4 members (excludes halogenated alkanes) is 2. The molecule has 0 saturated carbocycles. The Labute approximate surface area is 319 Å². The SMILES string of the molecule is CC(C)(C)C#Cc1ccc(C2=C(c3ccccc3)C(c3ccccc3)=C(c3ccc(C#CC(=O)CCCCCOC(=O)C(C)(C)C)cc3)S2(C)C)cc1. The molecule has 0 saturated heterocycles. The summed E-state index contributed by atoms with van der Waals surface area (Å²) >= 11 is 0. The van der Waals surface area contributed by atoms with Crippen LogP contribution in [0.3, 0.4) is 0 Å². The summed E-state index contributed by atoms with van der Waals surface area (Å²) in [7, 11) is -1.54. The highest BCUT2D eigenvalue weighted by Crippen LogP contribution is 2.74. The van der Waals surface area contributed by atoms with Crippen LogP contribution in [0.1, 0.15) is 101 Å². The number of rotatable bonds is 10. The monoisotopic (exact) mass is 720 g/mol. The van der Waals surface area contributed by atoms with Gasteiger partial charge < -0.3 is 4.74 Å². The van der Waals surface area contributed by atoms with E-state index >= 15 is 0 Å². The van der Waals surface area contributed by atoms with E-state index < -0.39 is 15.4 Å². The third kappa shape index (κ3) is 10.1. The quantitative estimate of drug-likeness (QED) is 0.0931. The molecule has 0 atom stereocenters. The molecule has 0 N–H and O–H groups in total. The number of hydrogen-bond donors (Lipinski definition) is 0. The Morgan fingerprint density at radius 2 is 1.06 bits per heavy atom. The number of benzene rings is 4. The third-order valence-electron chi connectivity index (χ3n) is 8.97. The molecule has 5 rings (SSSR count). The van der Waals surface area contributed by atoms with Gasteiger partial charge >= 0.3 is 5.97 Å². The predicted molar refractivity (Wildman–Crippen MR) is 226 cm³/mol. The summed E-state index contributed by atoms with van der Waals surface area (Å²) < 4.78 is 5.33. The molecule has 1 heterocycles. The van der Waals surface area contributed by atoms with E-state index in [1.165, 1.54) is 37.6 Å². The van der Waals surface area contributed by atoms with Crippen molar-refractivity contribution in [3.05, 3.63) is 143 Å². The zero-order valence-corrected chi connectivity index (χ0v) is 33.4. The fourth-order valence-corrected chi connectivity index (χ4v) is 9.41. The predicted octanol–water partition coefficient (Wildman–Crippen LogP) is 11.7. The second kappa shape index (κ2) is 16.8. The maximum Gasteiger partial charge on any atom is 0.311 e. The average Bonchev–Trinajstić information content (AvgIpc) is 3.38. The summed E-state index contributed by atoms with van der Waals surface area (Å²) in [5, 5.41) is 0. The lowest BCUT2D eigenvalue weighted by Crippen LogP contribution is -2.23. The zero-order chi connectivity index (χ0) is 38.2. The molecular weight excluding hydrogens is 669 g/mol. The molecule has 0 aromatic heterocycles. The van der Waals surface area contributed by atoms with E-state index in [-0.39, 0.29) is 17.2 Å². The number of carbonyl (C=O) groups excluding carboxylic acids is 2. The molecular formula is C49H52O3S. The van der Waals surface area contributed by atoms with Gasteiger partial charge in [-0.1, -0.05) is 103 Å². The minimum absolute atomic E-state index is 0.0641. The van der Waals surface area contributed by atoms with Crippen molar-refractivity contribution in [2.75, 3.05) is 19.1 Å². The van der Waals surface area contributed by atoms with Gasteiger partial charge in [0, 0.05) is 43.9 Å². The number of hydrogen-bond acceptors (Lipinski definition) is 3. The Hall–Kier alpha value is -5.03. The zero-order valence-electron chi connectivity index (χ0n) is 32.6. The highest BCUT2D eigenvalue weighted by atomic mass is 32.3. The van der Waals surface area contributed by atoms with Crippen molar-refractivity contribution in [3.63, 3.8) is 0 Å². The van der Waals surface area contributed by atoms with Crippen LogP contribution in [0.25, 0.3) is 21.0 Å². The van der Waals surface area contributed by atoms with Crippen molar-refractivity contribution >= 4 is 42.7 Å². The number of allylic oxidation sites excluding steroid dienone is 2. The summed E-state index contributed by atoms with van der Waals surface area (Å²) in [6.45, 7) is 12.3. The number of carbonyl (C=O) groups is 2. The standard InChI is InChI=1S/C49H52O3S/c1-48(2,3)34-33-37-25-30-41(31-26-37)46-44(39-20-14-10-15-21-39)43(38-18-12-9-13-19-38)45(53(46,7)8)40-28-23-36(24-29-40)27-32-42(50)22-16-11-17-35-52-47(51)49(4,5)6/h9-10,12-15,18-21,23-26,28-31H,11,16-17,22,35H2,1-8H3. The van der Waals surface area contributed by atoms with Crippen LogP contribution in [0.5, 0.6) is 0 Å². The maximum atomic E-state index is 12.6. The van der Waals surface area contributed by atoms with E-state index in [1.54, 1.807) is 0 Å². The minimum Gasteiger partial charge on any atom is -0.465 e. The van der Waals surface area contributed by atoms with Gasteiger partial charge in [-0.15, -0.1) is 0 Å². The van der Waals surface area contributed by atoms with E-state index in [2.05, 4.69) is 154 Å². The van der Waals surface area contributed by atoms with Gasteiger partial charge in [0.05, 0.1) is 12.0 Å². The molecule has 4 aromatic rings. The average molecular weight is 721 g/mol. The molecule has 0 unspecified atom stereocenters. The molecule has 0 fully saturated rings. The summed E-state index contributed by atoms with van der Waals surface area (Å²) in [5.41, 5.74) is 8.53. The van der Waals surface area contributed by atoms with Crippen LogP contribution in [0, 0.1) is 34.5 Å². The number of esters is 1. The molecule has 0 bridgehead atoms. The first kappa shape index (κ1) is 39.2. The van der Waals surface area contributed by atoms with Crippen LogP contribution in [0.15, 0.2) is 109 Å². The fraction of sp³-hybridized carbons (Fsp3) is 0.306. The molecule has 0 spiro atoms. The first-order valence-corrected chi connectivity index (χ1v) is 20.9. The molecule has 1 aliphatic rings. The Kier molecular flexibility index (Phi) is 12.4. The first-order valence-electron chi connectivity index (χ1n) is 18.4. The van der Waals surface area contributed by atoms with Crippen molar-refractivity contribution < 1.29 is 14.3 Å². The van der Waals surface area contributed by atoms with Crippen LogP contribution in [0.2, 0.25) is 0 Å². The van der Waals surface area contributed by atoms with Gasteiger partial charge in [-0.25, -0.2) is 0 Å². The Balaban J connectivity index is 1.44. The molecule has 0 amide bonds. The number of ether oxygens (including phenoxy) is 1. The topological polar surface area (TPSA) is 43.4 Å². The molecule has 0 radical (unpaired) electrons. The van der Waals surface area contributed by atoms with Crippen LogP contribution in [-0.2, 0) is 14.3 Å². The van der Waals surface area contributed by atoms with E-state index in [0.717, 1.165) is 36.0 Å². The van der Waals surface area contributed by atoms with Gasteiger partial charge in [0.15, 0.2) is 0 Å². The van der Waals surface area contributed by atoms with Crippen LogP contribution in [-0.4, -0.2) is 30.9 Å².